The third-order valence-corrected chi connectivity index (χ3v) is 18.1. The molecule has 4 N–H and O–H groups in total. The van der Waals surface area contributed by atoms with E-state index in [0.29, 0.717) is 51.9 Å². The molecular formula is C96H61F15Ir4N24O8-4. The summed E-state index contributed by atoms with van der Waals surface area (Å²) >= 11 is 0. The molecule has 0 bridgehead atoms. The van der Waals surface area contributed by atoms with Gasteiger partial charge in [-0.3, -0.25) is 54.8 Å². The zero-order valence-electron chi connectivity index (χ0n) is 74.6. The van der Waals surface area contributed by atoms with Crippen molar-refractivity contribution in [3.63, 3.8) is 0 Å². The maximum absolute atomic E-state index is 12.9. The average Bonchev–Trinajstić information content (AvgIpc) is 1.78. The molecule has 0 aliphatic rings. The molecule has 0 unspecified atom stereocenters. The van der Waals surface area contributed by atoms with Crippen LogP contribution in [0.15, 0.2) is 292 Å². The van der Waals surface area contributed by atoms with Crippen molar-refractivity contribution < 1.29 is 184 Å². The zero-order chi connectivity index (χ0) is 102. The van der Waals surface area contributed by atoms with Gasteiger partial charge in [0.2, 0.25) is 35.5 Å². The van der Waals surface area contributed by atoms with Crippen LogP contribution in [0.1, 0.15) is 45.6 Å². The second-order valence-electron chi connectivity index (χ2n) is 28.4. The molecule has 0 atom stereocenters. The Labute approximate surface area is 873 Å². The summed E-state index contributed by atoms with van der Waals surface area (Å²) in [6, 6.07) is 58.6. The molecule has 0 saturated heterocycles. The van der Waals surface area contributed by atoms with Gasteiger partial charge in [0, 0.05) is 179 Å². The molecule has 32 nitrogen and oxygen atoms in total. The summed E-state index contributed by atoms with van der Waals surface area (Å²) < 4.78 is 210. The molecule has 0 saturated carbocycles. The summed E-state index contributed by atoms with van der Waals surface area (Å²) in [5.74, 6) is 0.928. The van der Waals surface area contributed by atoms with E-state index in [-0.39, 0.29) is 195 Å². The second kappa shape index (κ2) is 52.8. The van der Waals surface area contributed by atoms with Crippen molar-refractivity contribution in [3.8, 4) is 160 Å². The van der Waals surface area contributed by atoms with Crippen LogP contribution in [-0.4, -0.2) is 141 Å². The van der Waals surface area contributed by atoms with Gasteiger partial charge in [0.05, 0.1) is 91.3 Å². The third-order valence-electron chi connectivity index (χ3n) is 18.1. The van der Waals surface area contributed by atoms with E-state index in [0.717, 1.165) is 59.0 Å². The number of hydrogen-bond donors (Lipinski definition) is 4. The number of phenolic OH excluding ortho intramolecular Hbond substituents is 4. The Hall–Kier alpha value is -16.3. The largest absolute Gasteiger partial charge is 0.507 e. The summed E-state index contributed by atoms with van der Waals surface area (Å²) in [5.41, 5.74) is 1.69. The number of pyridine rings is 8. The van der Waals surface area contributed by atoms with Gasteiger partial charge >= 0.3 is 24.7 Å². The van der Waals surface area contributed by atoms with Crippen molar-refractivity contribution in [2.75, 3.05) is 0 Å². The number of rotatable bonds is 12. The summed E-state index contributed by atoms with van der Waals surface area (Å²) in [4.78, 5) is 58.9. The SMILES string of the molecule is Cc1cc(-c2nccc(F)n2)[c-]c(C(F)(F)F)n1.Cc1cc(-c2ncccn2)[c-]c(C(F)(F)F)n1.Cc1nc(C(F)(F)F)c[c-]c1-c1ncc(F)cn1.Cc1nc(C(F)(F)F)c[c-]c1-c1nccc(F)n1.Oc1ccccc1-c1nnc(-c2cccnc2)o1.Oc1ccccc1-c1nnc(-c2cccnc2)o1.Oc1ccccc1-c1nnc(-c2cccnc2)o1.Oc1ccccc1-c1nnc(-c2cccnc2)o1.[Ir].[Ir].[Ir].[Ir]. The smallest absolute Gasteiger partial charge is 0.421 e. The van der Waals surface area contributed by atoms with Crippen LogP contribution in [0, 0.1) is 69.7 Å². The molecule has 16 heterocycles. The summed E-state index contributed by atoms with van der Waals surface area (Å²) in [5, 5.41) is 70.2. The van der Waals surface area contributed by atoms with Crippen LogP contribution in [0.25, 0.3) is 137 Å². The van der Waals surface area contributed by atoms with Gasteiger partial charge in [0.15, 0.2) is 5.82 Å². The number of alkyl halides is 12. The molecule has 20 aromatic rings. The van der Waals surface area contributed by atoms with Crippen LogP contribution in [0.2, 0.25) is 0 Å². The Morgan fingerprint density at radius 2 is 0.571 bits per heavy atom. The number of aromatic hydroxyl groups is 4. The number of aryl methyl sites for hydroxylation is 4. The first-order valence-electron chi connectivity index (χ1n) is 40.7. The van der Waals surface area contributed by atoms with Crippen molar-refractivity contribution in [3.05, 3.63) is 362 Å². The summed E-state index contributed by atoms with van der Waals surface area (Å²) in [6.07, 6.45) is 2.10. The Morgan fingerprint density at radius 3 is 0.864 bits per heavy atom. The fourth-order valence-electron chi connectivity index (χ4n) is 11.7. The van der Waals surface area contributed by atoms with Crippen LogP contribution in [0.3, 0.4) is 0 Å². The molecular weight excluding hydrogens is 2670 g/mol. The number of para-hydroxylation sites is 4. The normalized spacial score (nSPS) is 10.7. The van der Waals surface area contributed by atoms with Crippen LogP contribution < -0.4 is 0 Å². The fraction of sp³-hybridized carbons (Fsp3) is 0.0833. The van der Waals surface area contributed by atoms with E-state index in [9.17, 15) is 86.3 Å². The molecule has 16 aromatic heterocycles. The van der Waals surface area contributed by atoms with E-state index in [1.54, 1.807) is 177 Å². The van der Waals surface area contributed by atoms with Crippen LogP contribution >= 0.6 is 0 Å². The van der Waals surface area contributed by atoms with Crippen molar-refractivity contribution in [1.82, 2.24) is 121 Å². The van der Waals surface area contributed by atoms with Crippen LogP contribution in [0.5, 0.6) is 23.0 Å². The Bertz CT molecular complexity index is 7150. The summed E-state index contributed by atoms with van der Waals surface area (Å²) in [6.45, 7) is 5.62. The van der Waals surface area contributed by atoms with E-state index >= 15 is 0 Å². The number of phenols is 4. The second-order valence-corrected chi connectivity index (χ2v) is 28.4. The maximum atomic E-state index is 12.9. The molecule has 20 rings (SSSR count). The molecule has 0 amide bonds. The fourth-order valence-corrected chi connectivity index (χ4v) is 11.7. The first-order valence-corrected chi connectivity index (χ1v) is 40.7. The molecule has 4 radical (unpaired) electrons. The van der Waals surface area contributed by atoms with E-state index in [4.69, 9.17) is 17.7 Å². The van der Waals surface area contributed by atoms with E-state index < -0.39 is 65.2 Å². The van der Waals surface area contributed by atoms with Gasteiger partial charge < -0.3 is 63.0 Å². The molecule has 0 aliphatic heterocycles. The zero-order valence-corrected chi connectivity index (χ0v) is 84.2. The molecule has 147 heavy (non-hydrogen) atoms. The molecule has 0 fully saturated rings. The first-order chi connectivity index (χ1) is 68.4. The van der Waals surface area contributed by atoms with Crippen LogP contribution in [0.4, 0.5) is 65.9 Å². The van der Waals surface area contributed by atoms with Gasteiger partial charge in [-0.2, -0.15) is 61.5 Å². The minimum absolute atomic E-state index is 0. The molecule has 4 aromatic carbocycles. The number of aromatic nitrogens is 24. The van der Waals surface area contributed by atoms with Crippen molar-refractivity contribution in [2.24, 2.45) is 0 Å². The topological polar surface area (TPSA) is 443 Å². The number of hydrogen-bond acceptors (Lipinski definition) is 32. The standard InChI is InChI=1S/4C13H9N3O2.3C11H6F4N3.C11H7F3N3.4Ir/c4*17-11-6-2-1-5-10(11)13-16-15-12(18-13)9-4-3-7-14-8-9;1-6-8(10-16-4-7(12)5-17-10)2-3-9(18-6)11(13,14)15;1-6-4-7(5-8(17-6)11(13,14)15)10-16-3-2-9(12)18-10;1-6-7(10-16-5-4-9(12)18-10)2-3-8(17-6)11(13,14)15;1-7-5-8(10-15-3-2-4-16-10)6-9(17-7)11(12,13)14;;;;/h4*1-8,17H;3-5H,1H3;2-4H,1H3;3-5H,1H3;2-5H,1H3;;;;/q;;;;4*-1;;;;. The van der Waals surface area contributed by atoms with Crippen molar-refractivity contribution >= 4 is 0 Å². The first kappa shape index (κ1) is 114. The maximum Gasteiger partial charge on any atom is 0.421 e. The predicted molar refractivity (Wildman–Crippen MR) is 474 cm³/mol. The van der Waals surface area contributed by atoms with Gasteiger partial charge in [0.25, 0.3) is 23.6 Å². The predicted octanol–water partition coefficient (Wildman–Crippen LogP) is 21.1. The number of benzene rings is 4. The molecule has 0 spiro atoms. The van der Waals surface area contributed by atoms with Gasteiger partial charge in [-0.05, 0) is 140 Å². The monoisotopic (exact) mass is 2730 g/mol. The van der Waals surface area contributed by atoms with Crippen LogP contribution in [-0.2, 0) is 105 Å². The van der Waals surface area contributed by atoms with E-state index in [2.05, 4.69) is 139 Å². The van der Waals surface area contributed by atoms with Gasteiger partial charge in [-0.15, -0.1) is 100 Å². The Kier molecular flexibility index (Phi) is 41.1. The van der Waals surface area contributed by atoms with Gasteiger partial charge in [-0.25, -0.2) is 4.39 Å². The van der Waals surface area contributed by atoms with E-state index in [1.165, 1.54) is 58.4 Å². The number of nitrogens with zero attached hydrogens (tertiary/aromatic N) is 24. The van der Waals surface area contributed by atoms with Crippen molar-refractivity contribution in [2.45, 2.75) is 52.4 Å². The molecule has 0 aliphatic carbocycles. The molecule has 758 valence electrons. The van der Waals surface area contributed by atoms with Crippen molar-refractivity contribution in [1.29, 1.82) is 0 Å². The minimum Gasteiger partial charge on any atom is -0.507 e. The Morgan fingerprint density at radius 1 is 0.279 bits per heavy atom. The Balaban J connectivity index is 0.000000186. The van der Waals surface area contributed by atoms with Gasteiger partial charge in [-0.1, -0.05) is 73.5 Å². The average molecular weight is 2730 g/mol. The summed E-state index contributed by atoms with van der Waals surface area (Å²) in [7, 11) is 0. The number of halogens is 15. The third kappa shape index (κ3) is 32.4. The van der Waals surface area contributed by atoms with E-state index in [1.807, 2.05) is 30.3 Å². The molecule has 51 heteroatoms. The minimum atomic E-state index is -4.62. The quantitative estimate of drug-likeness (QED) is 0.0501. The van der Waals surface area contributed by atoms with Gasteiger partial charge in [0.1, 0.15) is 23.0 Å².